The standard InChI is InChI=1S/C12H8FNO3/c13-9-3-4-12(11(6-9)14-8-15)17-7-10-2-1-5-16-10/h1-6H,7H2. The van der Waals surface area contributed by atoms with Crippen molar-refractivity contribution in [2.75, 3.05) is 0 Å². The zero-order valence-electron chi connectivity index (χ0n) is 8.72. The van der Waals surface area contributed by atoms with E-state index in [1.54, 1.807) is 12.1 Å². The van der Waals surface area contributed by atoms with Gasteiger partial charge >= 0.3 is 0 Å². The molecule has 0 amide bonds. The summed E-state index contributed by atoms with van der Waals surface area (Å²) in [5, 5.41) is 0. The first-order valence-electron chi connectivity index (χ1n) is 4.82. The molecule has 1 aromatic carbocycles. The van der Waals surface area contributed by atoms with Gasteiger partial charge in [-0.15, -0.1) is 0 Å². The fourth-order valence-corrected chi connectivity index (χ4v) is 1.29. The number of nitrogens with zero attached hydrogens (tertiary/aromatic N) is 1. The van der Waals surface area contributed by atoms with Gasteiger partial charge in [0.15, 0.2) is 0 Å². The Morgan fingerprint density at radius 1 is 1.41 bits per heavy atom. The SMILES string of the molecule is O=C=Nc1cc(F)ccc1OCc1ccco1. The van der Waals surface area contributed by atoms with Crippen LogP contribution in [0.2, 0.25) is 0 Å². The van der Waals surface area contributed by atoms with Gasteiger partial charge in [0.2, 0.25) is 6.08 Å². The lowest BCUT2D eigenvalue weighted by molar-refractivity contribution is 0.271. The Morgan fingerprint density at radius 3 is 3.00 bits per heavy atom. The maximum atomic E-state index is 12.9. The minimum absolute atomic E-state index is 0.103. The predicted molar refractivity (Wildman–Crippen MR) is 57.2 cm³/mol. The zero-order valence-corrected chi connectivity index (χ0v) is 8.72. The molecule has 0 N–H and O–H groups in total. The molecule has 0 unspecified atom stereocenters. The molecule has 1 aromatic heterocycles. The Bertz CT molecular complexity index is 545. The summed E-state index contributed by atoms with van der Waals surface area (Å²) >= 11 is 0. The first-order chi connectivity index (χ1) is 8.29. The summed E-state index contributed by atoms with van der Waals surface area (Å²) in [5.74, 6) is 0.422. The number of benzene rings is 1. The monoisotopic (exact) mass is 233 g/mol. The molecule has 0 fully saturated rings. The third kappa shape index (κ3) is 2.80. The van der Waals surface area contributed by atoms with Crippen LogP contribution in [0.3, 0.4) is 0 Å². The van der Waals surface area contributed by atoms with Crippen molar-refractivity contribution >= 4 is 11.8 Å². The Labute approximate surface area is 96.3 Å². The second-order valence-electron chi connectivity index (χ2n) is 3.18. The van der Waals surface area contributed by atoms with Gasteiger partial charge in [-0.2, -0.15) is 4.99 Å². The van der Waals surface area contributed by atoms with Gasteiger partial charge in [-0.1, -0.05) is 0 Å². The van der Waals surface area contributed by atoms with Gasteiger partial charge in [0.25, 0.3) is 0 Å². The van der Waals surface area contributed by atoms with E-state index in [-0.39, 0.29) is 12.3 Å². The highest BCUT2D eigenvalue weighted by atomic mass is 19.1. The van der Waals surface area contributed by atoms with Crippen molar-refractivity contribution in [2.45, 2.75) is 6.61 Å². The van der Waals surface area contributed by atoms with E-state index in [0.29, 0.717) is 11.5 Å². The van der Waals surface area contributed by atoms with Gasteiger partial charge < -0.3 is 9.15 Å². The summed E-state index contributed by atoms with van der Waals surface area (Å²) in [6, 6.07) is 7.19. The van der Waals surface area contributed by atoms with Crippen molar-refractivity contribution in [3.8, 4) is 5.75 Å². The molecule has 0 bridgehead atoms. The Balaban J connectivity index is 2.17. The van der Waals surface area contributed by atoms with Crippen LogP contribution in [0.15, 0.2) is 46.0 Å². The lowest BCUT2D eigenvalue weighted by Crippen LogP contribution is -1.94. The van der Waals surface area contributed by atoms with Gasteiger partial charge in [-0.3, -0.25) is 0 Å². The molecule has 0 aliphatic heterocycles. The van der Waals surface area contributed by atoms with Crippen LogP contribution in [-0.2, 0) is 11.4 Å². The van der Waals surface area contributed by atoms with Crippen molar-refractivity contribution in [1.29, 1.82) is 0 Å². The summed E-state index contributed by atoms with van der Waals surface area (Å²) in [6.07, 6.45) is 2.87. The van der Waals surface area contributed by atoms with Crippen LogP contribution in [0.25, 0.3) is 0 Å². The molecule has 1 heterocycles. The molecule has 17 heavy (non-hydrogen) atoms. The predicted octanol–water partition coefficient (Wildman–Crippen LogP) is 2.97. The minimum atomic E-state index is -0.496. The maximum absolute atomic E-state index is 12.9. The molecule has 0 aliphatic rings. The smallest absolute Gasteiger partial charge is 0.240 e. The molecule has 5 heteroatoms. The first kappa shape index (κ1) is 11.1. The van der Waals surface area contributed by atoms with Crippen molar-refractivity contribution in [2.24, 2.45) is 4.99 Å². The average Bonchev–Trinajstić information content (AvgIpc) is 2.81. The van der Waals surface area contributed by atoms with Crippen LogP contribution in [-0.4, -0.2) is 6.08 Å². The molecule has 2 rings (SSSR count). The number of halogens is 1. The molecule has 0 aliphatic carbocycles. The summed E-state index contributed by atoms with van der Waals surface area (Å²) in [6.45, 7) is 0.181. The van der Waals surface area contributed by atoms with E-state index in [0.717, 1.165) is 6.07 Å². The van der Waals surface area contributed by atoms with Crippen molar-refractivity contribution in [3.63, 3.8) is 0 Å². The highest BCUT2D eigenvalue weighted by molar-refractivity contribution is 5.57. The second-order valence-corrected chi connectivity index (χ2v) is 3.18. The third-order valence-corrected chi connectivity index (χ3v) is 2.04. The fraction of sp³-hybridized carbons (Fsp3) is 0.0833. The van der Waals surface area contributed by atoms with Gasteiger partial charge in [-0.05, 0) is 24.3 Å². The quantitative estimate of drug-likeness (QED) is 0.602. The molecule has 2 aromatic rings. The van der Waals surface area contributed by atoms with E-state index in [1.807, 2.05) is 0 Å². The van der Waals surface area contributed by atoms with E-state index in [1.165, 1.54) is 24.5 Å². The number of hydrogen-bond acceptors (Lipinski definition) is 4. The normalized spacial score (nSPS) is 9.71. The van der Waals surface area contributed by atoms with Gasteiger partial charge in [0.05, 0.1) is 6.26 Å². The number of aliphatic imine (C=N–C) groups is 1. The molecule has 0 spiro atoms. The van der Waals surface area contributed by atoms with Gasteiger partial charge in [0.1, 0.15) is 29.6 Å². The third-order valence-electron chi connectivity index (χ3n) is 2.04. The van der Waals surface area contributed by atoms with Crippen LogP contribution in [0.4, 0.5) is 10.1 Å². The number of furan rings is 1. The molecular formula is C12H8FNO3. The number of isocyanates is 1. The number of ether oxygens (including phenoxy) is 1. The minimum Gasteiger partial charge on any atom is -0.483 e. The summed E-state index contributed by atoms with van der Waals surface area (Å²) in [5.41, 5.74) is 0.103. The number of carbonyl (C=O) groups excluding carboxylic acids is 1. The molecule has 0 radical (unpaired) electrons. The maximum Gasteiger partial charge on any atom is 0.240 e. The average molecular weight is 233 g/mol. The van der Waals surface area contributed by atoms with Crippen molar-refractivity contribution in [3.05, 3.63) is 48.2 Å². The van der Waals surface area contributed by atoms with Crippen LogP contribution in [0.1, 0.15) is 5.76 Å². The molecule has 86 valence electrons. The second kappa shape index (κ2) is 5.09. The van der Waals surface area contributed by atoms with E-state index in [9.17, 15) is 9.18 Å². The Morgan fingerprint density at radius 2 is 2.29 bits per heavy atom. The Hall–Kier alpha value is -2.39. The van der Waals surface area contributed by atoms with Crippen LogP contribution in [0, 0.1) is 5.82 Å². The van der Waals surface area contributed by atoms with E-state index < -0.39 is 5.82 Å². The van der Waals surface area contributed by atoms with Gasteiger partial charge in [0, 0.05) is 6.07 Å². The molecule has 0 saturated heterocycles. The molecule has 0 saturated carbocycles. The summed E-state index contributed by atoms with van der Waals surface area (Å²) in [7, 11) is 0. The summed E-state index contributed by atoms with van der Waals surface area (Å²) in [4.78, 5) is 13.5. The van der Waals surface area contributed by atoms with Crippen LogP contribution in [0.5, 0.6) is 5.75 Å². The van der Waals surface area contributed by atoms with E-state index in [4.69, 9.17) is 9.15 Å². The van der Waals surface area contributed by atoms with E-state index in [2.05, 4.69) is 4.99 Å². The molecule has 0 atom stereocenters. The lowest BCUT2D eigenvalue weighted by atomic mass is 10.3. The van der Waals surface area contributed by atoms with Gasteiger partial charge in [-0.25, -0.2) is 9.18 Å². The summed E-state index contributed by atoms with van der Waals surface area (Å²) < 4.78 is 23.3. The number of rotatable bonds is 4. The topological polar surface area (TPSA) is 51.8 Å². The zero-order chi connectivity index (χ0) is 12.1. The number of hydrogen-bond donors (Lipinski definition) is 0. The Kier molecular flexibility index (Phi) is 3.33. The first-order valence-corrected chi connectivity index (χ1v) is 4.82. The highest BCUT2D eigenvalue weighted by Crippen LogP contribution is 2.28. The lowest BCUT2D eigenvalue weighted by Gasteiger charge is -2.06. The van der Waals surface area contributed by atoms with Crippen LogP contribution < -0.4 is 4.74 Å². The molecule has 4 nitrogen and oxygen atoms in total. The fourth-order valence-electron chi connectivity index (χ4n) is 1.29. The van der Waals surface area contributed by atoms with E-state index >= 15 is 0 Å². The van der Waals surface area contributed by atoms with Crippen molar-refractivity contribution in [1.82, 2.24) is 0 Å². The van der Waals surface area contributed by atoms with Crippen LogP contribution >= 0.6 is 0 Å². The largest absolute Gasteiger partial charge is 0.483 e. The van der Waals surface area contributed by atoms with Crippen molar-refractivity contribution < 1.29 is 18.3 Å². The molecular weight excluding hydrogens is 225 g/mol. The highest BCUT2D eigenvalue weighted by Gasteiger charge is 2.06.